The largest absolute Gasteiger partial charge is 0.331 e. The van der Waals surface area contributed by atoms with E-state index in [1.165, 1.54) is 16.5 Å². The van der Waals surface area contributed by atoms with E-state index in [9.17, 15) is 14.4 Å². The number of likely N-dealkylation sites (N-methyl/N-ethyl adjacent to an activating group) is 1. The van der Waals surface area contributed by atoms with Crippen molar-refractivity contribution in [3.05, 3.63) is 74.4 Å². The Balaban J connectivity index is 2.05. The molecule has 0 spiro atoms. The van der Waals surface area contributed by atoms with E-state index < -0.39 is 5.69 Å². The predicted octanol–water partition coefficient (Wildman–Crippen LogP) is 2.02. The molecule has 6 nitrogen and oxygen atoms in total. The molecule has 7 heteroatoms. The molecule has 1 amide bonds. The van der Waals surface area contributed by atoms with Crippen LogP contribution in [-0.4, -0.2) is 22.1 Å². The first-order chi connectivity index (χ1) is 11.9. The zero-order chi connectivity index (χ0) is 18.1. The zero-order valence-corrected chi connectivity index (χ0v) is 14.5. The molecular weight excluding hydrogens is 342 g/mol. The summed E-state index contributed by atoms with van der Waals surface area (Å²) in [5, 5.41) is 0.907. The molecule has 1 aromatic heterocycles. The van der Waals surface area contributed by atoms with Crippen molar-refractivity contribution in [1.29, 1.82) is 0 Å². The molecule has 0 saturated heterocycles. The number of hydrogen-bond donors (Lipinski definition) is 0. The van der Waals surface area contributed by atoms with Crippen molar-refractivity contribution < 1.29 is 4.79 Å². The molecular formula is C18H16ClN3O3. The molecule has 3 aromatic rings. The summed E-state index contributed by atoms with van der Waals surface area (Å²) in [6.07, 6.45) is 0. The lowest BCUT2D eigenvalue weighted by Gasteiger charge is -2.19. The molecule has 2 aromatic carbocycles. The SMILES string of the molecule is CN(C(=O)Cn1c(=O)n(C)c(=O)c2ccccc21)c1cccc(Cl)c1. The number of carbonyl (C=O) groups is 1. The quantitative estimate of drug-likeness (QED) is 0.720. The van der Waals surface area contributed by atoms with Crippen LogP contribution in [0.15, 0.2) is 58.1 Å². The van der Waals surface area contributed by atoms with Gasteiger partial charge in [0.05, 0.1) is 10.9 Å². The lowest BCUT2D eigenvalue weighted by atomic mass is 10.2. The Kier molecular flexibility index (Phi) is 4.46. The molecule has 0 radical (unpaired) electrons. The van der Waals surface area contributed by atoms with E-state index in [2.05, 4.69) is 0 Å². The van der Waals surface area contributed by atoms with Crippen LogP contribution < -0.4 is 16.1 Å². The summed E-state index contributed by atoms with van der Waals surface area (Å²) in [7, 11) is 3.02. The molecule has 1 heterocycles. The van der Waals surface area contributed by atoms with Gasteiger partial charge in [0.1, 0.15) is 6.54 Å². The molecule has 0 N–H and O–H groups in total. The summed E-state index contributed by atoms with van der Waals surface area (Å²) in [5.74, 6) is -0.298. The number of halogens is 1. The van der Waals surface area contributed by atoms with Crippen molar-refractivity contribution >= 4 is 34.1 Å². The van der Waals surface area contributed by atoms with Crippen LogP contribution in [0.25, 0.3) is 10.9 Å². The van der Waals surface area contributed by atoms with Crippen LogP contribution in [0.3, 0.4) is 0 Å². The van der Waals surface area contributed by atoms with E-state index in [1.54, 1.807) is 55.6 Å². The summed E-state index contributed by atoms with van der Waals surface area (Å²) in [5.41, 5.74) is 0.146. The first kappa shape index (κ1) is 17.0. The average molecular weight is 358 g/mol. The van der Waals surface area contributed by atoms with Gasteiger partial charge in [0.25, 0.3) is 5.56 Å². The van der Waals surface area contributed by atoms with E-state index in [0.717, 1.165) is 4.57 Å². The number of fused-ring (bicyclic) bond motifs is 1. The van der Waals surface area contributed by atoms with Crippen molar-refractivity contribution in [2.45, 2.75) is 6.54 Å². The Morgan fingerprint density at radius 1 is 1.12 bits per heavy atom. The lowest BCUT2D eigenvalue weighted by Crippen LogP contribution is -2.41. The molecule has 0 atom stereocenters. The molecule has 0 aliphatic carbocycles. The number of anilines is 1. The number of carbonyl (C=O) groups excluding carboxylic acids is 1. The third kappa shape index (κ3) is 3.08. The van der Waals surface area contributed by atoms with Gasteiger partial charge in [-0.05, 0) is 30.3 Å². The van der Waals surface area contributed by atoms with Crippen LogP contribution in [0.1, 0.15) is 0 Å². The second-order valence-corrected chi connectivity index (χ2v) is 6.12. The molecule has 0 bridgehead atoms. The standard InChI is InChI=1S/C18H16ClN3O3/c1-20(13-7-5-6-12(19)10-13)16(23)11-22-15-9-4-3-8-14(15)17(24)21(2)18(22)25/h3-10H,11H2,1-2H3. The van der Waals surface area contributed by atoms with Crippen molar-refractivity contribution in [2.24, 2.45) is 7.05 Å². The highest BCUT2D eigenvalue weighted by molar-refractivity contribution is 6.30. The monoisotopic (exact) mass is 357 g/mol. The Bertz CT molecular complexity index is 1080. The lowest BCUT2D eigenvalue weighted by molar-refractivity contribution is -0.118. The van der Waals surface area contributed by atoms with Crippen molar-refractivity contribution in [3.63, 3.8) is 0 Å². The van der Waals surface area contributed by atoms with Gasteiger partial charge < -0.3 is 4.90 Å². The minimum Gasteiger partial charge on any atom is -0.314 e. The van der Waals surface area contributed by atoms with Crippen LogP contribution >= 0.6 is 11.6 Å². The fourth-order valence-electron chi connectivity index (χ4n) is 2.66. The van der Waals surface area contributed by atoms with Crippen molar-refractivity contribution in [2.75, 3.05) is 11.9 Å². The second-order valence-electron chi connectivity index (χ2n) is 5.68. The number of para-hydroxylation sites is 1. The molecule has 0 unspecified atom stereocenters. The fourth-order valence-corrected chi connectivity index (χ4v) is 2.85. The Morgan fingerprint density at radius 3 is 2.56 bits per heavy atom. The van der Waals surface area contributed by atoms with E-state index in [0.29, 0.717) is 21.6 Å². The van der Waals surface area contributed by atoms with Gasteiger partial charge in [-0.1, -0.05) is 29.8 Å². The van der Waals surface area contributed by atoms with Gasteiger partial charge in [-0.15, -0.1) is 0 Å². The highest BCUT2D eigenvalue weighted by Crippen LogP contribution is 2.18. The number of aromatic nitrogens is 2. The summed E-state index contributed by atoms with van der Waals surface area (Å²) in [4.78, 5) is 38.8. The van der Waals surface area contributed by atoms with Crippen LogP contribution in [0.5, 0.6) is 0 Å². The number of rotatable bonds is 3. The van der Waals surface area contributed by atoms with Gasteiger partial charge in [0.2, 0.25) is 5.91 Å². The normalized spacial score (nSPS) is 10.8. The number of amides is 1. The number of benzene rings is 2. The predicted molar refractivity (Wildman–Crippen MR) is 98.3 cm³/mol. The first-order valence-corrected chi connectivity index (χ1v) is 7.98. The highest BCUT2D eigenvalue weighted by atomic mass is 35.5. The van der Waals surface area contributed by atoms with Gasteiger partial charge in [-0.25, -0.2) is 4.79 Å². The Labute approximate surface area is 148 Å². The van der Waals surface area contributed by atoms with Crippen LogP contribution in [0, 0.1) is 0 Å². The molecule has 128 valence electrons. The van der Waals surface area contributed by atoms with Gasteiger partial charge >= 0.3 is 5.69 Å². The fraction of sp³-hybridized carbons (Fsp3) is 0.167. The van der Waals surface area contributed by atoms with Crippen LogP contribution in [0.4, 0.5) is 5.69 Å². The summed E-state index contributed by atoms with van der Waals surface area (Å²) in [6.45, 7) is -0.184. The van der Waals surface area contributed by atoms with Crippen LogP contribution in [-0.2, 0) is 18.4 Å². The molecule has 0 aliphatic heterocycles. The molecule has 3 rings (SSSR count). The van der Waals surface area contributed by atoms with Gasteiger partial charge in [0, 0.05) is 24.8 Å². The topological polar surface area (TPSA) is 64.3 Å². The summed E-state index contributed by atoms with van der Waals surface area (Å²) in [6, 6.07) is 13.6. The second kappa shape index (κ2) is 6.57. The maximum absolute atomic E-state index is 12.7. The van der Waals surface area contributed by atoms with E-state index >= 15 is 0 Å². The maximum Gasteiger partial charge on any atom is 0.331 e. The average Bonchev–Trinajstić information content (AvgIpc) is 2.62. The minimum atomic E-state index is -0.531. The third-order valence-electron chi connectivity index (χ3n) is 4.11. The maximum atomic E-state index is 12.7. The number of nitrogens with zero attached hydrogens (tertiary/aromatic N) is 3. The number of hydrogen-bond acceptors (Lipinski definition) is 3. The van der Waals surface area contributed by atoms with Crippen LogP contribution in [0.2, 0.25) is 5.02 Å². The van der Waals surface area contributed by atoms with Gasteiger partial charge in [0.15, 0.2) is 0 Å². The highest BCUT2D eigenvalue weighted by Gasteiger charge is 2.16. The molecule has 0 aliphatic rings. The minimum absolute atomic E-state index is 0.184. The van der Waals surface area contributed by atoms with Gasteiger partial charge in [-0.2, -0.15) is 0 Å². The van der Waals surface area contributed by atoms with Crippen molar-refractivity contribution in [1.82, 2.24) is 9.13 Å². The Morgan fingerprint density at radius 2 is 1.84 bits per heavy atom. The van der Waals surface area contributed by atoms with E-state index in [4.69, 9.17) is 11.6 Å². The molecule has 0 saturated carbocycles. The molecule has 25 heavy (non-hydrogen) atoms. The smallest absolute Gasteiger partial charge is 0.314 e. The van der Waals surface area contributed by atoms with Gasteiger partial charge in [-0.3, -0.25) is 18.7 Å². The Hall–Kier alpha value is -2.86. The molecule has 0 fully saturated rings. The summed E-state index contributed by atoms with van der Waals surface area (Å²) < 4.78 is 2.31. The first-order valence-electron chi connectivity index (χ1n) is 7.61. The third-order valence-corrected chi connectivity index (χ3v) is 4.35. The van der Waals surface area contributed by atoms with Crippen molar-refractivity contribution in [3.8, 4) is 0 Å². The summed E-state index contributed by atoms with van der Waals surface area (Å²) >= 11 is 5.96. The van der Waals surface area contributed by atoms with E-state index in [-0.39, 0.29) is 18.0 Å². The zero-order valence-electron chi connectivity index (χ0n) is 13.8. The van der Waals surface area contributed by atoms with E-state index in [1.807, 2.05) is 0 Å².